The molecule has 0 saturated heterocycles. The number of benzene rings is 7. The van der Waals surface area contributed by atoms with Crippen LogP contribution in [0.2, 0.25) is 0 Å². The second-order valence-electron chi connectivity index (χ2n) is 16.0. The summed E-state index contributed by atoms with van der Waals surface area (Å²) in [5, 5.41) is 2.69. The minimum absolute atomic E-state index is 0.0368. The van der Waals surface area contributed by atoms with Crippen LogP contribution in [-0.2, 0) is 16.6 Å². The van der Waals surface area contributed by atoms with Gasteiger partial charge in [0.1, 0.15) is 0 Å². The van der Waals surface area contributed by atoms with Crippen LogP contribution in [0.25, 0.3) is 53.6 Å². The lowest BCUT2D eigenvalue weighted by atomic mass is 9.67. The van der Waals surface area contributed by atoms with Crippen molar-refractivity contribution in [2.45, 2.75) is 51.6 Å². The van der Waals surface area contributed by atoms with E-state index in [0.29, 0.717) is 0 Å². The maximum Gasteiger partial charge on any atom is 0.0713 e. The molecule has 8 aromatic rings. The van der Waals surface area contributed by atoms with Gasteiger partial charge in [-0.2, -0.15) is 0 Å². The van der Waals surface area contributed by atoms with E-state index >= 15 is 0 Å². The molecule has 1 aliphatic rings. The van der Waals surface area contributed by atoms with Crippen LogP contribution in [0.4, 0.5) is 0 Å². The van der Waals surface area contributed by atoms with Crippen LogP contribution >= 0.6 is 11.3 Å². The van der Waals surface area contributed by atoms with E-state index in [1.165, 1.54) is 81.4 Å². The Hall–Kier alpha value is -5.28. The highest BCUT2D eigenvalue weighted by Crippen LogP contribution is 2.56. The van der Waals surface area contributed by atoms with Crippen molar-refractivity contribution < 1.29 is 4.74 Å². The Morgan fingerprint density at radius 2 is 0.981 bits per heavy atom. The Bertz CT molecular complexity index is 2580. The van der Waals surface area contributed by atoms with Gasteiger partial charge in [0.05, 0.1) is 11.0 Å². The average molecular weight is 719 g/mol. The van der Waals surface area contributed by atoms with E-state index in [1.807, 2.05) is 18.4 Å². The lowest BCUT2D eigenvalue weighted by Crippen LogP contribution is -2.41. The Labute approximate surface area is 323 Å². The Kier molecular flexibility index (Phi) is 8.45. The number of thiophene rings is 1. The zero-order valence-corrected chi connectivity index (χ0v) is 32.6. The van der Waals surface area contributed by atoms with Crippen molar-refractivity contribution in [3.05, 3.63) is 192 Å². The third-order valence-electron chi connectivity index (χ3n) is 12.8. The van der Waals surface area contributed by atoms with Gasteiger partial charge in [0.15, 0.2) is 0 Å². The van der Waals surface area contributed by atoms with E-state index in [0.717, 1.165) is 12.8 Å². The van der Waals surface area contributed by atoms with Crippen molar-refractivity contribution in [1.82, 2.24) is 0 Å². The van der Waals surface area contributed by atoms with Gasteiger partial charge < -0.3 is 4.74 Å². The smallest absolute Gasteiger partial charge is 0.0713 e. The van der Waals surface area contributed by atoms with Crippen LogP contribution in [0.1, 0.15) is 61.9 Å². The fourth-order valence-corrected chi connectivity index (χ4v) is 10.2. The molecule has 0 amide bonds. The first-order valence-electron chi connectivity index (χ1n) is 19.2. The van der Waals surface area contributed by atoms with Crippen molar-refractivity contribution in [3.8, 4) is 33.4 Å². The van der Waals surface area contributed by atoms with Gasteiger partial charge >= 0.3 is 0 Å². The molecule has 1 aliphatic carbocycles. The number of fused-ring (bicyclic) bond motifs is 6. The molecule has 0 N–H and O–H groups in total. The first-order valence-corrected chi connectivity index (χ1v) is 20.0. The van der Waals surface area contributed by atoms with Gasteiger partial charge in [-0.1, -0.05) is 178 Å². The number of methoxy groups -OCH3 is 1. The summed E-state index contributed by atoms with van der Waals surface area (Å²) in [6.07, 6.45) is 2.07. The lowest BCUT2D eigenvalue weighted by Gasteiger charge is -2.40. The predicted octanol–water partition coefficient (Wildman–Crippen LogP) is 14.1. The van der Waals surface area contributed by atoms with E-state index in [-0.39, 0.29) is 11.0 Å². The largest absolute Gasteiger partial charge is 0.378 e. The van der Waals surface area contributed by atoms with Crippen LogP contribution in [0.3, 0.4) is 0 Å². The molecule has 0 aliphatic heterocycles. The first kappa shape index (κ1) is 34.5. The summed E-state index contributed by atoms with van der Waals surface area (Å²) in [6, 6.07) is 61.1. The number of aryl methyl sites for hydroxylation is 1. The summed E-state index contributed by atoms with van der Waals surface area (Å²) in [6.45, 7) is 9.07. The van der Waals surface area contributed by atoms with Crippen molar-refractivity contribution in [3.63, 3.8) is 0 Å². The lowest BCUT2D eigenvalue weighted by molar-refractivity contribution is -0.0742. The zero-order valence-electron chi connectivity index (χ0n) is 31.8. The quantitative estimate of drug-likeness (QED) is 0.144. The third kappa shape index (κ3) is 5.38. The zero-order chi connectivity index (χ0) is 37.1. The van der Waals surface area contributed by atoms with Gasteiger partial charge in [0.25, 0.3) is 0 Å². The molecule has 7 aromatic carbocycles. The molecule has 0 radical (unpaired) electrons. The normalized spacial score (nSPS) is 13.6. The maximum absolute atomic E-state index is 5.92. The van der Waals surface area contributed by atoms with Gasteiger partial charge in [-0.05, 0) is 93.3 Å². The summed E-state index contributed by atoms with van der Waals surface area (Å²) in [7, 11) is 1.83. The molecule has 0 atom stereocenters. The Morgan fingerprint density at radius 1 is 0.481 bits per heavy atom. The standard InChI is InChI=1S/C52H46OS/c1-50(2,51(3,4)53-5)34-33-38-17-13-21-44-45-22-14-20-41(49(45)54-48(38)44)37-27-31-40(32-28-37)52(39-29-25-36(26-30-39)35-15-7-6-8-16-35)46-23-11-9-18-42(46)43-19-10-12-24-47(43)52/h6-32H,33-34H2,1-5H3. The predicted molar refractivity (Wildman–Crippen MR) is 231 cm³/mol. The van der Waals surface area contributed by atoms with E-state index in [9.17, 15) is 0 Å². The van der Waals surface area contributed by atoms with Gasteiger partial charge in [0, 0.05) is 27.3 Å². The van der Waals surface area contributed by atoms with Gasteiger partial charge in [-0.25, -0.2) is 0 Å². The van der Waals surface area contributed by atoms with Crippen LogP contribution in [0.15, 0.2) is 164 Å². The number of hydrogen-bond acceptors (Lipinski definition) is 2. The highest BCUT2D eigenvalue weighted by atomic mass is 32.1. The highest BCUT2D eigenvalue weighted by Gasteiger charge is 2.46. The summed E-state index contributed by atoms with van der Waals surface area (Å²) in [4.78, 5) is 0. The molecule has 0 saturated carbocycles. The van der Waals surface area contributed by atoms with E-state index < -0.39 is 5.41 Å². The molecule has 266 valence electrons. The molecular formula is C52H46OS. The second kappa shape index (κ2) is 13.2. The molecule has 54 heavy (non-hydrogen) atoms. The first-order chi connectivity index (χ1) is 26.2. The summed E-state index contributed by atoms with van der Waals surface area (Å²) in [5.41, 5.74) is 13.7. The number of rotatable bonds is 9. The van der Waals surface area contributed by atoms with Gasteiger partial charge in [0.2, 0.25) is 0 Å². The van der Waals surface area contributed by atoms with Crippen molar-refractivity contribution in [2.24, 2.45) is 5.41 Å². The van der Waals surface area contributed by atoms with Crippen LogP contribution < -0.4 is 0 Å². The molecule has 0 fully saturated rings. The maximum atomic E-state index is 5.92. The SMILES string of the molecule is COC(C)(C)C(C)(C)CCc1cccc2c1sc1c(-c3ccc(C4(c5ccc(-c6ccccc6)cc5)c5ccccc5-c5ccccc54)cc3)cccc12. The molecule has 1 nitrogen and oxygen atoms in total. The van der Waals surface area contributed by atoms with E-state index in [4.69, 9.17) is 4.74 Å². The summed E-state index contributed by atoms with van der Waals surface area (Å²) in [5.74, 6) is 0. The average Bonchev–Trinajstić information content (AvgIpc) is 3.75. The number of hydrogen-bond donors (Lipinski definition) is 0. The molecule has 1 aromatic heterocycles. The van der Waals surface area contributed by atoms with Crippen LogP contribution in [-0.4, -0.2) is 12.7 Å². The minimum atomic E-state index is -0.440. The Morgan fingerprint density at radius 3 is 1.59 bits per heavy atom. The van der Waals surface area contributed by atoms with Crippen LogP contribution in [0, 0.1) is 5.41 Å². The van der Waals surface area contributed by atoms with Crippen LogP contribution in [0.5, 0.6) is 0 Å². The topological polar surface area (TPSA) is 9.23 Å². The molecule has 9 rings (SSSR count). The molecular weight excluding hydrogens is 673 g/mol. The molecule has 1 heterocycles. The van der Waals surface area contributed by atoms with E-state index in [2.05, 4.69) is 191 Å². The Balaban J connectivity index is 1.15. The van der Waals surface area contributed by atoms with Crippen molar-refractivity contribution in [1.29, 1.82) is 0 Å². The fourth-order valence-electron chi connectivity index (χ4n) is 8.79. The van der Waals surface area contributed by atoms with Gasteiger partial charge in [-0.3, -0.25) is 0 Å². The molecule has 0 spiro atoms. The fraction of sp³-hybridized carbons (Fsp3) is 0.192. The van der Waals surface area contributed by atoms with Gasteiger partial charge in [-0.15, -0.1) is 11.3 Å². The monoisotopic (exact) mass is 718 g/mol. The molecule has 2 heteroatoms. The van der Waals surface area contributed by atoms with Crippen molar-refractivity contribution in [2.75, 3.05) is 7.11 Å². The minimum Gasteiger partial charge on any atom is -0.378 e. The van der Waals surface area contributed by atoms with Crippen molar-refractivity contribution >= 4 is 31.5 Å². The molecule has 0 unspecified atom stereocenters. The highest BCUT2D eigenvalue weighted by molar-refractivity contribution is 7.26. The van der Waals surface area contributed by atoms with E-state index in [1.54, 1.807) is 0 Å². The molecule has 0 bridgehead atoms. The number of ether oxygens (including phenoxy) is 1. The third-order valence-corrected chi connectivity index (χ3v) is 14.1. The second-order valence-corrected chi connectivity index (χ2v) is 17.1. The summed E-state index contributed by atoms with van der Waals surface area (Å²) >= 11 is 1.95. The summed E-state index contributed by atoms with van der Waals surface area (Å²) < 4.78 is 8.68.